The van der Waals surface area contributed by atoms with E-state index in [4.69, 9.17) is 0 Å². The SMILES string of the molecule is CCC(=O)N(CCC(=O)OC)C1CCCCC1. The number of ether oxygens (including phenoxy) is 1. The maximum Gasteiger partial charge on any atom is 0.307 e. The van der Waals surface area contributed by atoms with Gasteiger partial charge in [-0.15, -0.1) is 0 Å². The van der Waals surface area contributed by atoms with Gasteiger partial charge in [0.25, 0.3) is 0 Å². The van der Waals surface area contributed by atoms with Crippen molar-refractivity contribution in [1.82, 2.24) is 4.90 Å². The van der Waals surface area contributed by atoms with E-state index >= 15 is 0 Å². The summed E-state index contributed by atoms with van der Waals surface area (Å²) in [5.41, 5.74) is 0. The molecular weight excluding hydrogens is 218 g/mol. The van der Waals surface area contributed by atoms with Gasteiger partial charge in [0.1, 0.15) is 0 Å². The molecule has 0 atom stereocenters. The van der Waals surface area contributed by atoms with Crippen LogP contribution in [-0.4, -0.2) is 36.5 Å². The first-order valence-corrected chi connectivity index (χ1v) is 6.55. The first kappa shape index (κ1) is 14.0. The molecule has 1 aliphatic rings. The van der Waals surface area contributed by atoms with Crippen molar-refractivity contribution in [2.45, 2.75) is 57.9 Å². The van der Waals surface area contributed by atoms with Crippen molar-refractivity contribution in [3.05, 3.63) is 0 Å². The summed E-state index contributed by atoms with van der Waals surface area (Å²) in [6, 6.07) is 0.334. The normalized spacial score (nSPS) is 16.6. The van der Waals surface area contributed by atoms with Gasteiger partial charge >= 0.3 is 5.97 Å². The van der Waals surface area contributed by atoms with E-state index in [1.807, 2.05) is 11.8 Å². The highest BCUT2D eigenvalue weighted by atomic mass is 16.5. The standard InChI is InChI=1S/C13H23NO3/c1-3-12(15)14(10-9-13(16)17-2)11-7-5-4-6-8-11/h11H,3-10H2,1-2H3. The Morgan fingerprint density at radius 3 is 2.41 bits per heavy atom. The highest BCUT2D eigenvalue weighted by molar-refractivity contribution is 5.77. The Labute approximate surface area is 103 Å². The van der Waals surface area contributed by atoms with Gasteiger partial charge in [-0.25, -0.2) is 0 Å². The summed E-state index contributed by atoms with van der Waals surface area (Å²) >= 11 is 0. The zero-order chi connectivity index (χ0) is 12.7. The number of amides is 1. The van der Waals surface area contributed by atoms with Gasteiger partial charge < -0.3 is 9.64 Å². The lowest BCUT2D eigenvalue weighted by molar-refractivity contribution is -0.142. The van der Waals surface area contributed by atoms with Gasteiger partial charge in [-0.3, -0.25) is 9.59 Å². The second-order valence-corrected chi connectivity index (χ2v) is 4.56. The smallest absolute Gasteiger partial charge is 0.307 e. The number of methoxy groups -OCH3 is 1. The Kier molecular flexibility index (Phi) is 6.01. The predicted octanol–water partition coefficient (Wildman–Crippen LogP) is 2.12. The lowest BCUT2D eigenvalue weighted by Crippen LogP contribution is -2.42. The molecule has 1 saturated carbocycles. The second-order valence-electron chi connectivity index (χ2n) is 4.56. The van der Waals surface area contributed by atoms with E-state index in [0.29, 0.717) is 25.4 Å². The highest BCUT2D eigenvalue weighted by Crippen LogP contribution is 2.23. The van der Waals surface area contributed by atoms with Crippen molar-refractivity contribution in [2.24, 2.45) is 0 Å². The molecule has 0 aliphatic heterocycles. The van der Waals surface area contributed by atoms with Crippen LogP contribution in [0, 0.1) is 0 Å². The molecule has 0 aromatic heterocycles. The fraction of sp³-hybridized carbons (Fsp3) is 0.846. The van der Waals surface area contributed by atoms with E-state index < -0.39 is 0 Å². The van der Waals surface area contributed by atoms with Gasteiger partial charge in [0.05, 0.1) is 13.5 Å². The molecule has 0 unspecified atom stereocenters. The average molecular weight is 241 g/mol. The molecule has 0 bridgehead atoms. The van der Waals surface area contributed by atoms with Crippen LogP contribution in [0.5, 0.6) is 0 Å². The van der Waals surface area contributed by atoms with Crippen molar-refractivity contribution < 1.29 is 14.3 Å². The third-order valence-corrected chi connectivity index (χ3v) is 3.42. The molecule has 0 spiro atoms. The van der Waals surface area contributed by atoms with Crippen molar-refractivity contribution in [3.8, 4) is 0 Å². The lowest BCUT2D eigenvalue weighted by Gasteiger charge is -2.34. The fourth-order valence-corrected chi connectivity index (χ4v) is 2.42. The Bertz CT molecular complexity index is 259. The minimum absolute atomic E-state index is 0.154. The summed E-state index contributed by atoms with van der Waals surface area (Å²) in [6.07, 6.45) is 6.62. The lowest BCUT2D eigenvalue weighted by atomic mass is 9.94. The van der Waals surface area contributed by atoms with Crippen LogP contribution in [0.3, 0.4) is 0 Å². The zero-order valence-corrected chi connectivity index (χ0v) is 10.9. The van der Waals surface area contributed by atoms with Crippen molar-refractivity contribution in [3.63, 3.8) is 0 Å². The highest BCUT2D eigenvalue weighted by Gasteiger charge is 2.24. The molecule has 1 fully saturated rings. The van der Waals surface area contributed by atoms with Crippen LogP contribution in [0.2, 0.25) is 0 Å². The summed E-state index contributed by atoms with van der Waals surface area (Å²) in [7, 11) is 1.38. The van der Waals surface area contributed by atoms with E-state index in [9.17, 15) is 9.59 Å². The van der Waals surface area contributed by atoms with Crippen LogP contribution in [-0.2, 0) is 14.3 Å². The molecule has 0 aromatic carbocycles. The first-order chi connectivity index (χ1) is 8.19. The molecule has 4 heteroatoms. The minimum atomic E-state index is -0.241. The minimum Gasteiger partial charge on any atom is -0.469 e. The number of carbonyl (C=O) groups is 2. The van der Waals surface area contributed by atoms with Crippen LogP contribution < -0.4 is 0 Å². The summed E-state index contributed by atoms with van der Waals surface area (Å²) in [4.78, 5) is 24.9. The quantitative estimate of drug-likeness (QED) is 0.693. The Hall–Kier alpha value is -1.06. The van der Waals surface area contributed by atoms with E-state index in [-0.39, 0.29) is 11.9 Å². The molecule has 0 aromatic rings. The van der Waals surface area contributed by atoms with Crippen LogP contribution in [0.15, 0.2) is 0 Å². The van der Waals surface area contributed by atoms with E-state index in [2.05, 4.69) is 4.74 Å². The van der Waals surface area contributed by atoms with Gasteiger partial charge in [0.15, 0.2) is 0 Å². The van der Waals surface area contributed by atoms with Crippen LogP contribution in [0.4, 0.5) is 0 Å². The topological polar surface area (TPSA) is 46.6 Å². The molecule has 1 rings (SSSR count). The molecule has 1 aliphatic carbocycles. The Morgan fingerprint density at radius 1 is 1.24 bits per heavy atom. The maximum absolute atomic E-state index is 11.9. The molecule has 4 nitrogen and oxygen atoms in total. The molecular formula is C13H23NO3. The van der Waals surface area contributed by atoms with Gasteiger partial charge in [0.2, 0.25) is 5.91 Å². The molecule has 0 radical (unpaired) electrons. The summed E-state index contributed by atoms with van der Waals surface area (Å²) in [6.45, 7) is 2.38. The first-order valence-electron chi connectivity index (χ1n) is 6.55. The molecule has 1 amide bonds. The number of rotatable bonds is 5. The summed E-state index contributed by atoms with van der Waals surface area (Å²) in [5, 5.41) is 0. The van der Waals surface area contributed by atoms with Gasteiger partial charge in [-0.05, 0) is 12.8 Å². The number of hydrogen-bond acceptors (Lipinski definition) is 3. The van der Waals surface area contributed by atoms with E-state index in [0.717, 1.165) is 12.8 Å². The number of hydrogen-bond donors (Lipinski definition) is 0. The Morgan fingerprint density at radius 2 is 1.88 bits per heavy atom. The third-order valence-electron chi connectivity index (χ3n) is 3.42. The molecule has 0 N–H and O–H groups in total. The predicted molar refractivity (Wildman–Crippen MR) is 65.5 cm³/mol. The molecule has 98 valence electrons. The van der Waals surface area contributed by atoms with Gasteiger partial charge in [0, 0.05) is 19.0 Å². The number of nitrogens with zero attached hydrogens (tertiary/aromatic N) is 1. The fourth-order valence-electron chi connectivity index (χ4n) is 2.42. The van der Waals surface area contributed by atoms with Crippen molar-refractivity contribution >= 4 is 11.9 Å². The van der Waals surface area contributed by atoms with Crippen LogP contribution in [0.1, 0.15) is 51.9 Å². The summed E-state index contributed by atoms with van der Waals surface area (Å²) in [5.74, 6) is -0.0875. The number of esters is 1. The molecule has 17 heavy (non-hydrogen) atoms. The average Bonchev–Trinajstić information content (AvgIpc) is 2.39. The Balaban J connectivity index is 2.53. The van der Waals surface area contributed by atoms with Gasteiger partial charge in [-0.1, -0.05) is 26.2 Å². The van der Waals surface area contributed by atoms with Crippen LogP contribution >= 0.6 is 0 Å². The largest absolute Gasteiger partial charge is 0.469 e. The monoisotopic (exact) mass is 241 g/mol. The van der Waals surface area contributed by atoms with Crippen molar-refractivity contribution in [2.75, 3.05) is 13.7 Å². The van der Waals surface area contributed by atoms with Crippen molar-refractivity contribution in [1.29, 1.82) is 0 Å². The molecule has 0 saturated heterocycles. The van der Waals surface area contributed by atoms with Crippen LogP contribution in [0.25, 0.3) is 0 Å². The van der Waals surface area contributed by atoms with Gasteiger partial charge in [-0.2, -0.15) is 0 Å². The maximum atomic E-state index is 11.9. The van der Waals surface area contributed by atoms with E-state index in [1.54, 1.807) is 0 Å². The number of carbonyl (C=O) groups excluding carboxylic acids is 2. The molecule has 0 heterocycles. The summed E-state index contributed by atoms with van der Waals surface area (Å²) < 4.78 is 4.62. The van der Waals surface area contributed by atoms with E-state index in [1.165, 1.54) is 26.4 Å². The third kappa shape index (κ3) is 4.36. The second kappa shape index (κ2) is 7.30. The zero-order valence-electron chi connectivity index (χ0n) is 10.9.